The standard InChI is InChI=1S/C15H24N2O2/c1-2-19-15-9-12(3-4-13(15)10-16)11-17-7-5-14(18)6-8-17/h3-4,9,14,18H,2,5-8,10-11,16H2,1H3. The monoisotopic (exact) mass is 264 g/mol. The molecule has 0 saturated carbocycles. The van der Waals surface area contributed by atoms with Gasteiger partial charge in [-0.25, -0.2) is 0 Å². The number of ether oxygens (including phenoxy) is 1. The van der Waals surface area contributed by atoms with Gasteiger partial charge in [0.25, 0.3) is 0 Å². The summed E-state index contributed by atoms with van der Waals surface area (Å²) in [5.41, 5.74) is 8.01. The van der Waals surface area contributed by atoms with Crippen molar-refractivity contribution in [2.45, 2.75) is 39.0 Å². The fraction of sp³-hybridized carbons (Fsp3) is 0.600. The molecule has 3 N–H and O–H groups in total. The number of benzene rings is 1. The molecule has 2 rings (SSSR count). The summed E-state index contributed by atoms with van der Waals surface area (Å²) in [4.78, 5) is 2.37. The Bertz CT molecular complexity index is 401. The Labute approximate surface area is 115 Å². The molecular formula is C15H24N2O2. The number of nitrogens with two attached hydrogens (primary N) is 1. The van der Waals surface area contributed by atoms with E-state index in [0.717, 1.165) is 43.8 Å². The van der Waals surface area contributed by atoms with Gasteiger partial charge in [-0.15, -0.1) is 0 Å². The molecule has 106 valence electrons. The van der Waals surface area contributed by atoms with Gasteiger partial charge in [-0.1, -0.05) is 12.1 Å². The average Bonchev–Trinajstić information content (AvgIpc) is 2.42. The molecule has 0 unspecified atom stereocenters. The summed E-state index contributed by atoms with van der Waals surface area (Å²) in [6.45, 7) is 5.99. The molecule has 0 amide bonds. The second-order valence-electron chi connectivity index (χ2n) is 5.09. The molecule has 1 aliphatic heterocycles. The molecule has 19 heavy (non-hydrogen) atoms. The van der Waals surface area contributed by atoms with Crippen molar-refractivity contribution in [3.63, 3.8) is 0 Å². The van der Waals surface area contributed by atoms with Crippen molar-refractivity contribution < 1.29 is 9.84 Å². The van der Waals surface area contributed by atoms with E-state index in [1.54, 1.807) is 0 Å². The van der Waals surface area contributed by atoms with E-state index in [9.17, 15) is 5.11 Å². The first kappa shape index (κ1) is 14.3. The summed E-state index contributed by atoms with van der Waals surface area (Å²) in [7, 11) is 0. The first-order valence-corrected chi connectivity index (χ1v) is 7.08. The molecule has 4 nitrogen and oxygen atoms in total. The van der Waals surface area contributed by atoms with Gasteiger partial charge in [-0.3, -0.25) is 4.90 Å². The summed E-state index contributed by atoms with van der Waals surface area (Å²) >= 11 is 0. The van der Waals surface area contributed by atoms with Crippen LogP contribution in [-0.4, -0.2) is 35.8 Å². The molecule has 0 atom stereocenters. The van der Waals surface area contributed by atoms with Crippen LogP contribution in [0.3, 0.4) is 0 Å². The smallest absolute Gasteiger partial charge is 0.124 e. The van der Waals surface area contributed by atoms with E-state index < -0.39 is 0 Å². The minimum atomic E-state index is -0.116. The molecule has 0 aliphatic carbocycles. The molecule has 0 radical (unpaired) electrons. The maximum absolute atomic E-state index is 9.51. The predicted molar refractivity (Wildman–Crippen MR) is 76.0 cm³/mol. The van der Waals surface area contributed by atoms with Crippen LogP contribution in [0.25, 0.3) is 0 Å². The number of likely N-dealkylation sites (tertiary alicyclic amines) is 1. The third kappa shape index (κ3) is 3.93. The van der Waals surface area contributed by atoms with Crippen molar-refractivity contribution in [3.8, 4) is 5.75 Å². The number of hydrogen-bond donors (Lipinski definition) is 2. The van der Waals surface area contributed by atoms with E-state index in [4.69, 9.17) is 10.5 Å². The summed E-state index contributed by atoms with van der Waals surface area (Å²) in [5.74, 6) is 0.902. The quantitative estimate of drug-likeness (QED) is 0.846. The SMILES string of the molecule is CCOc1cc(CN2CCC(O)CC2)ccc1CN. The number of nitrogens with zero attached hydrogens (tertiary/aromatic N) is 1. The predicted octanol–water partition coefficient (Wildman–Crippen LogP) is 1.50. The molecule has 4 heteroatoms. The lowest BCUT2D eigenvalue weighted by Crippen LogP contribution is -2.35. The lowest BCUT2D eigenvalue weighted by molar-refractivity contribution is 0.0792. The van der Waals surface area contributed by atoms with Gasteiger partial charge in [-0.05, 0) is 31.4 Å². The van der Waals surface area contributed by atoms with Gasteiger partial charge < -0.3 is 15.6 Å². The van der Waals surface area contributed by atoms with Crippen molar-refractivity contribution in [2.75, 3.05) is 19.7 Å². The van der Waals surface area contributed by atoms with E-state index in [0.29, 0.717) is 13.2 Å². The van der Waals surface area contributed by atoms with Gasteiger partial charge in [-0.2, -0.15) is 0 Å². The van der Waals surface area contributed by atoms with Crippen LogP contribution in [-0.2, 0) is 13.1 Å². The Hall–Kier alpha value is -1.10. The lowest BCUT2D eigenvalue weighted by atomic mass is 10.1. The second kappa shape index (κ2) is 6.89. The van der Waals surface area contributed by atoms with Crippen LogP contribution >= 0.6 is 0 Å². The number of hydrogen-bond acceptors (Lipinski definition) is 4. The highest BCUT2D eigenvalue weighted by Crippen LogP contribution is 2.22. The largest absolute Gasteiger partial charge is 0.494 e. The zero-order valence-corrected chi connectivity index (χ0v) is 11.6. The molecule has 0 spiro atoms. The number of aliphatic hydroxyl groups excluding tert-OH is 1. The summed E-state index contributed by atoms with van der Waals surface area (Å²) in [5, 5.41) is 9.51. The van der Waals surface area contributed by atoms with Crippen LogP contribution in [0.4, 0.5) is 0 Å². The summed E-state index contributed by atoms with van der Waals surface area (Å²) in [6, 6.07) is 6.27. The number of piperidine rings is 1. The Kier molecular flexibility index (Phi) is 5.19. The molecule has 1 aliphatic rings. The van der Waals surface area contributed by atoms with Gasteiger partial charge in [0.2, 0.25) is 0 Å². The summed E-state index contributed by atoms with van der Waals surface area (Å²) in [6.07, 6.45) is 1.63. The minimum absolute atomic E-state index is 0.116. The molecule has 1 aromatic carbocycles. The van der Waals surface area contributed by atoms with E-state index in [1.165, 1.54) is 5.56 Å². The van der Waals surface area contributed by atoms with Crippen molar-refractivity contribution in [2.24, 2.45) is 5.73 Å². The van der Waals surface area contributed by atoms with Crippen LogP contribution in [0.5, 0.6) is 5.75 Å². The Morgan fingerprint density at radius 2 is 2.11 bits per heavy atom. The first-order chi connectivity index (χ1) is 9.22. The Balaban J connectivity index is 2.02. The normalized spacial score (nSPS) is 17.6. The van der Waals surface area contributed by atoms with E-state index in [1.807, 2.05) is 6.92 Å². The molecule has 1 saturated heterocycles. The average molecular weight is 264 g/mol. The Morgan fingerprint density at radius 3 is 2.74 bits per heavy atom. The van der Waals surface area contributed by atoms with Crippen molar-refractivity contribution in [1.82, 2.24) is 4.90 Å². The maximum Gasteiger partial charge on any atom is 0.124 e. The van der Waals surface area contributed by atoms with Gasteiger partial charge >= 0.3 is 0 Å². The highest BCUT2D eigenvalue weighted by molar-refractivity contribution is 5.37. The molecular weight excluding hydrogens is 240 g/mol. The molecule has 1 fully saturated rings. The highest BCUT2D eigenvalue weighted by Gasteiger charge is 2.17. The highest BCUT2D eigenvalue weighted by atomic mass is 16.5. The van der Waals surface area contributed by atoms with Crippen LogP contribution in [0.15, 0.2) is 18.2 Å². The zero-order valence-electron chi connectivity index (χ0n) is 11.6. The van der Waals surface area contributed by atoms with Crippen molar-refractivity contribution in [3.05, 3.63) is 29.3 Å². The first-order valence-electron chi connectivity index (χ1n) is 7.08. The Morgan fingerprint density at radius 1 is 1.37 bits per heavy atom. The fourth-order valence-corrected chi connectivity index (χ4v) is 2.49. The zero-order chi connectivity index (χ0) is 13.7. The van der Waals surface area contributed by atoms with Crippen molar-refractivity contribution >= 4 is 0 Å². The molecule has 1 aromatic rings. The number of aliphatic hydroxyl groups is 1. The maximum atomic E-state index is 9.51. The van der Waals surface area contributed by atoms with E-state index in [2.05, 4.69) is 23.1 Å². The molecule has 0 aromatic heterocycles. The van der Waals surface area contributed by atoms with Crippen LogP contribution < -0.4 is 10.5 Å². The summed E-state index contributed by atoms with van der Waals surface area (Å²) < 4.78 is 5.64. The van der Waals surface area contributed by atoms with E-state index >= 15 is 0 Å². The van der Waals surface area contributed by atoms with Crippen LogP contribution in [0.2, 0.25) is 0 Å². The van der Waals surface area contributed by atoms with Gasteiger partial charge in [0.05, 0.1) is 12.7 Å². The minimum Gasteiger partial charge on any atom is -0.494 e. The van der Waals surface area contributed by atoms with Crippen LogP contribution in [0, 0.1) is 0 Å². The van der Waals surface area contributed by atoms with E-state index in [-0.39, 0.29) is 6.10 Å². The van der Waals surface area contributed by atoms with Crippen LogP contribution in [0.1, 0.15) is 30.9 Å². The topological polar surface area (TPSA) is 58.7 Å². The van der Waals surface area contributed by atoms with Gasteiger partial charge in [0.1, 0.15) is 5.75 Å². The fourth-order valence-electron chi connectivity index (χ4n) is 2.49. The van der Waals surface area contributed by atoms with Crippen molar-refractivity contribution in [1.29, 1.82) is 0 Å². The molecule has 1 heterocycles. The lowest BCUT2D eigenvalue weighted by Gasteiger charge is -2.29. The second-order valence-corrected chi connectivity index (χ2v) is 5.09. The number of rotatable bonds is 5. The third-order valence-corrected chi connectivity index (χ3v) is 3.61. The third-order valence-electron chi connectivity index (χ3n) is 3.61. The van der Waals surface area contributed by atoms with Gasteiger partial charge in [0.15, 0.2) is 0 Å². The van der Waals surface area contributed by atoms with Gasteiger partial charge in [0, 0.05) is 31.7 Å². The molecule has 0 bridgehead atoms.